The lowest BCUT2D eigenvalue weighted by Crippen LogP contribution is -2.41. The minimum Gasteiger partial charge on any atom is -0.489 e. The van der Waals surface area contributed by atoms with Gasteiger partial charge in [-0.2, -0.15) is 0 Å². The molecule has 0 unspecified atom stereocenters. The molecule has 0 fully saturated rings. The summed E-state index contributed by atoms with van der Waals surface area (Å²) in [6, 6.07) is 9.07. The Morgan fingerprint density at radius 1 is 1.24 bits per heavy atom. The maximum absolute atomic E-state index is 13.0. The quantitative estimate of drug-likeness (QED) is 0.397. The first-order valence-electron chi connectivity index (χ1n) is 10.5. The number of hydrogen-bond donors (Lipinski definition) is 0. The molecule has 0 bridgehead atoms. The van der Waals surface area contributed by atoms with Crippen LogP contribution in [0.3, 0.4) is 0 Å². The van der Waals surface area contributed by atoms with Gasteiger partial charge in [0.1, 0.15) is 6.61 Å². The van der Waals surface area contributed by atoms with Gasteiger partial charge in [-0.25, -0.2) is 0 Å². The summed E-state index contributed by atoms with van der Waals surface area (Å²) in [6.45, 7) is 8.25. The number of thiazole rings is 1. The fourth-order valence-corrected chi connectivity index (χ4v) is 5.55. The van der Waals surface area contributed by atoms with Crippen molar-refractivity contribution in [3.8, 4) is 11.5 Å². The lowest BCUT2D eigenvalue weighted by atomic mass is 9.93. The number of benzene rings is 2. The molecule has 0 N–H and O–H groups in total. The highest BCUT2D eigenvalue weighted by Gasteiger charge is 2.24. The van der Waals surface area contributed by atoms with Crippen molar-refractivity contribution in [2.45, 2.75) is 33.9 Å². The maximum atomic E-state index is 13.0. The van der Waals surface area contributed by atoms with Crippen LogP contribution in [-0.4, -0.2) is 17.7 Å². The van der Waals surface area contributed by atoms with E-state index in [9.17, 15) is 4.79 Å². The monoisotopic (exact) mass is 568 g/mol. The molecule has 1 aliphatic rings. The van der Waals surface area contributed by atoms with E-state index < -0.39 is 0 Å². The maximum Gasteiger partial charge on any atom is 0.270 e. The van der Waals surface area contributed by atoms with Gasteiger partial charge in [0.2, 0.25) is 0 Å². The van der Waals surface area contributed by atoms with E-state index in [0.717, 1.165) is 20.4 Å². The van der Waals surface area contributed by atoms with Gasteiger partial charge in [-0.3, -0.25) is 14.4 Å². The fraction of sp³-hybridized carbons (Fsp3) is 0.333. The van der Waals surface area contributed by atoms with Crippen molar-refractivity contribution in [3.05, 3.63) is 75.7 Å². The van der Waals surface area contributed by atoms with Crippen molar-refractivity contribution < 1.29 is 9.47 Å². The zero-order chi connectivity index (χ0) is 23.8. The number of rotatable bonds is 6. The van der Waals surface area contributed by atoms with Crippen LogP contribution in [0.15, 0.2) is 44.6 Å². The predicted molar refractivity (Wildman–Crippen MR) is 138 cm³/mol. The summed E-state index contributed by atoms with van der Waals surface area (Å²) in [4.78, 5) is 18.4. The summed E-state index contributed by atoms with van der Waals surface area (Å²) in [7, 11) is 0. The molecule has 1 aliphatic heterocycles. The van der Waals surface area contributed by atoms with Crippen LogP contribution < -0.4 is 24.4 Å². The molecule has 0 aliphatic carbocycles. The second-order valence-electron chi connectivity index (χ2n) is 8.55. The molecule has 174 valence electrons. The second kappa shape index (κ2) is 9.82. The molecule has 0 spiro atoms. The molecule has 3 aromatic rings. The van der Waals surface area contributed by atoms with Gasteiger partial charge in [0.15, 0.2) is 16.3 Å². The summed E-state index contributed by atoms with van der Waals surface area (Å²) in [5.74, 6) is 1.15. The first-order chi connectivity index (χ1) is 15.7. The van der Waals surface area contributed by atoms with Gasteiger partial charge < -0.3 is 9.47 Å². The molecule has 0 atom stereocenters. The molecule has 0 saturated heterocycles. The highest BCUT2D eigenvalue weighted by atomic mass is 79.9. The number of ether oxygens (including phenoxy) is 2. The van der Waals surface area contributed by atoms with Gasteiger partial charge >= 0.3 is 0 Å². The molecule has 33 heavy (non-hydrogen) atoms. The molecule has 2 heterocycles. The first kappa shape index (κ1) is 24.3. The largest absolute Gasteiger partial charge is 0.489 e. The standard InChI is InChI=1S/C24H23BrCl2N2O3S/c1-4-31-21-17(25)7-14(8-19(21)32-11-15-5-6-16(26)10-18(15)27)9-20-22(30)29-13-24(2,3)12-28-23(29)33-20/h5-10H,4,11-13H2,1-3H3/b20-9-. The molecule has 2 aromatic carbocycles. The third-order valence-electron chi connectivity index (χ3n) is 5.13. The van der Waals surface area contributed by atoms with Crippen LogP contribution in [0.1, 0.15) is 31.9 Å². The third kappa shape index (κ3) is 5.48. The molecule has 0 radical (unpaired) electrons. The third-order valence-corrected chi connectivity index (χ3v) is 7.35. The van der Waals surface area contributed by atoms with E-state index in [-0.39, 0.29) is 17.6 Å². The normalized spacial score (nSPS) is 15.2. The minimum atomic E-state index is -0.0265. The van der Waals surface area contributed by atoms with Crippen LogP contribution in [0.5, 0.6) is 11.5 Å². The Labute approximate surface area is 214 Å². The van der Waals surface area contributed by atoms with Crippen molar-refractivity contribution in [1.29, 1.82) is 0 Å². The van der Waals surface area contributed by atoms with E-state index >= 15 is 0 Å². The Hall–Kier alpha value is -1.80. The molecule has 5 nitrogen and oxygen atoms in total. The Balaban J connectivity index is 1.72. The smallest absolute Gasteiger partial charge is 0.270 e. The highest BCUT2D eigenvalue weighted by molar-refractivity contribution is 9.10. The summed E-state index contributed by atoms with van der Waals surface area (Å²) < 4.78 is 15.0. The van der Waals surface area contributed by atoms with E-state index in [4.69, 9.17) is 32.7 Å². The van der Waals surface area contributed by atoms with Crippen molar-refractivity contribution in [1.82, 2.24) is 4.57 Å². The van der Waals surface area contributed by atoms with Gasteiger partial charge in [0.25, 0.3) is 5.56 Å². The SMILES string of the molecule is CCOc1c(Br)cc(/C=c2\sc3n(c2=O)CC(C)(C)CN=3)cc1OCc1ccc(Cl)cc1Cl. The van der Waals surface area contributed by atoms with Crippen molar-refractivity contribution in [2.24, 2.45) is 10.4 Å². The molecule has 1 aromatic heterocycles. The summed E-state index contributed by atoms with van der Waals surface area (Å²) in [5.41, 5.74) is 1.58. The van der Waals surface area contributed by atoms with Crippen LogP contribution in [-0.2, 0) is 13.2 Å². The van der Waals surface area contributed by atoms with Crippen LogP contribution in [0.2, 0.25) is 10.0 Å². The van der Waals surface area contributed by atoms with Gasteiger partial charge in [-0.05, 0) is 58.8 Å². The molecule has 9 heteroatoms. The zero-order valence-corrected chi connectivity index (χ0v) is 22.4. The van der Waals surface area contributed by atoms with Gasteiger partial charge in [-0.15, -0.1) is 0 Å². The first-order valence-corrected chi connectivity index (χ1v) is 12.8. The number of aromatic nitrogens is 1. The second-order valence-corrected chi connectivity index (χ2v) is 11.3. The number of hydrogen-bond acceptors (Lipinski definition) is 5. The number of nitrogens with zero attached hydrogens (tertiary/aromatic N) is 2. The molecule has 0 amide bonds. The average molecular weight is 570 g/mol. The van der Waals surface area contributed by atoms with Gasteiger partial charge in [0, 0.05) is 34.1 Å². The molecular weight excluding hydrogens is 547 g/mol. The fourth-order valence-electron chi connectivity index (χ4n) is 3.53. The lowest BCUT2D eigenvalue weighted by molar-refractivity contribution is 0.268. The summed E-state index contributed by atoms with van der Waals surface area (Å²) >= 11 is 17.3. The number of halogens is 3. The van der Waals surface area contributed by atoms with Gasteiger partial charge in [0.05, 0.1) is 15.6 Å². The summed E-state index contributed by atoms with van der Waals surface area (Å²) in [6.07, 6.45) is 1.86. The molecule has 0 saturated carbocycles. The minimum absolute atomic E-state index is 0.0213. The topological polar surface area (TPSA) is 52.8 Å². The zero-order valence-electron chi connectivity index (χ0n) is 18.5. The molecular formula is C24H23BrCl2N2O3S. The predicted octanol–water partition coefficient (Wildman–Crippen LogP) is 5.45. The Morgan fingerprint density at radius 3 is 2.76 bits per heavy atom. The Morgan fingerprint density at radius 2 is 2.03 bits per heavy atom. The summed E-state index contributed by atoms with van der Waals surface area (Å²) in [5, 5.41) is 1.10. The number of fused-ring (bicyclic) bond motifs is 1. The van der Waals surface area contributed by atoms with Crippen molar-refractivity contribution in [2.75, 3.05) is 13.2 Å². The van der Waals surface area contributed by atoms with Crippen molar-refractivity contribution in [3.63, 3.8) is 0 Å². The molecule has 4 rings (SSSR count). The Kier molecular flexibility index (Phi) is 7.24. The van der Waals surface area contributed by atoms with E-state index in [2.05, 4.69) is 34.8 Å². The van der Waals surface area contributed by atoms with Crippen LogP contribution >= 0.6 is 50.5 Å². The van der Waals surface area contributed by atoms with Crippen molar-refractivity contribution >= 4 is 56.5 Å². The van der Waals surface area contributed by atoms with E-state index in [1.165, 1.54) is 11.3 Å². The lowest BCUT2D eigenvalue weighted by Gasteiger charge is -2.25. The van der Waals surface area contributed by atoms with E-state index in [0.29, 0.717) is 45.8 Å². The Bertz CT molecular complexity index is 1380. The van der Waals surface area contributed by atoms with Crippen LogP contribution in [0.25, 0.3) is 6.08 Å². The van der Waals surface area contributed by atoms with Gasteiger partial charge in [-0.1, -0.05) is 54.5 Å². The van der Waals surface area contributed by atoms with E-state index in [1.54, 1.807) is 16.7 Å². The average Bonchev–Trinajstić information content (AvgIpc) is 3.03. The van der Waals surface area contributed by atoms with Crippen LogP contribution in [0.4, 0.5) is 0 Å². The highest BCUT2D eigenvalue weighted by Crippen LogP contribution is 2.38. The van der Waals surface area contributed by atoms with Crippen LogP contribution in [0, 0.1) is 5.41 Å². The van der Waals surface area contributed by atoms with E-state index in [1.807, 2.05) is 31.2 Å².